The van der Waals surface area contributed by atoms with Crippen molar-refractivity contribution >= 4 is 0 Å². The van der Waals surface area contributed by atoms with Gasteiger partial charge >= 0.3 is 0 Å². The standard InChI is InChI=1S/C19H28O/c1-15(2)8-6-9-16(3)10-7-11-18-12-13-19(20-5)17(4)14-18/h8,10,12-14H,6-7,9,11H2,1-5H3. The first-order valence-electron chi connectivity index (χ1n) is 7.45. The van der Waals surface area contributed by atoms with Crippen LogP contribution in [0.3, 0.4) is 0 Å². The number of hydrogen-bond acceptors (Lipinski definition) is 1. The van der Waals surface area contributed by atoms with Gasteiger partial charge in [-0.05, 0) is 70.6 Å². The lowest BCUT2D eigenvalue weighted by Crippen LogP contribution is -1.90. The lowest BCUT2D eigenvalue weighted by molar-refractivity contribution is 0.411. The SMILES string of the molecule is COc1ccc(CCC=C(C)CCC=C(C)C)cc1C. The van der Waals surface area contributed by atoms with E-state index in [-0.39, 0.29) is 0 Å². The van der Waals surface area contributed by atoms with Crippen molar-refractivity contribution in [1.82, 2.24) is 0 Å². The summed E-state index contributed by atoms with van der Waals surface area (Å²) >= 11 is 0. The molecule has 1 aromatic carbocycles. The highest BCUT2D eigenvalue weighted by Crippen LogP contribution is 2.19. The summed E-state index contributed by atoms with van der Waals surface area (Å²) in [4.78, 5) is 0. The van der Waals surface area contributed by atoms with E-state index >= 15 is 0 Å². The Balaban J connectivity index is 2.43. The van der Waals surface area contributed by atoms with Crippen LogP contribution < -0.4 is 4.74 Å². The van der Waals surface area contributed by atoms with Gasteiger partial charge in [-0.1, -0.05) is 35.4 Å². The van der Waals surface area contributed by atoms with Crippen LogP contribution in [0, 0.1) is 6.92 Å². The van der Waals surface area contributed by atoms with E-state index in [1.807, 2.05) is 0 Å². The summed E-state index contributed by atoms with van der Waals surface area (Å²) in [5.41, 5.74) is 5.50. The number of rotatable bonds is 7. The number of allylic oxidation sites excluding steroid dienone is 4. The van der Waals surface area contributed by atoms with Crippen LogP contribution in [-0.2, 0) is 6.42 Å². The zero-order valence-electron chi connectivity index (χ0n) is 13.6. The van der Waals surface area contributed by atoms with Gasteiger partial charge in [0.1, 0.15) is 5.75 Å². The minimum atomic E-state index is 0.974. The lowest BCUT2D eigenvalue weighted by atomic mass is 10.0. The normalized spacial score (nSPS) is 11.3. The van der Waals surface area contributed by atoms with Gasteiger partial charge in [-0.2, -0.15) is 0 Å². The third kappa shape index (κ3) is 6.10. The monoisotopic (exact) mass is 272 g/mol. The summed E-state index contributed by atoms with van der Waals surface area (Å²) in [5, 5.41) is 0. The smallest absolute Gasteiger partial charge is 0.121 e. The molecule has 0 aliphatic heterocycles. The van der Waals surface area contributed by atoms with Crippen LogP contribution in [-0.4, -0.2) is 7.11 Å². The molecule has 0 radical (unpaired) electrons. The highest BCUT2D eigenvalue weighted by Gasteiger charge is 1.99. The van der Waals surface area contributed by atoms with Crippen LogP contribution in [0.2, 0.25) is 0 Å². The van der Waals surface area contributed by atoms with E-state index in [0.717, 1.165) is 25.0 Å². The van der Waals surface area contributed by atoms with E-state index in [1.165, 1.54) is 28.7 Å². The molecule has 1 rings (SSSR count). The predicted octanol–water partition coefficient (Wildman–Crippen LogP) is 5.63. The zero-order valence-corrected chi connectivity index (χ0v) is 13.6. The molecule has 0 saturated carbocycles. The molecule has 0 spiro atoms. The molecule has 0 bridgehead atoms. The van der Waals surface area contributed by atoms with Crippen LogP contribution in [0.25, 0.3) is 0 Å². The first kappa shape index (κ1) is 16.6. The van der Waals surface area contributed by atoms with Gasteiger partial charge in [0, 0.05) is 0 Å². The minimum absolute atomic E-state index is 0.974. The largest absolute Gasteiger partial charge is 0.496 e. The van der Waals surface area contributed by atoms with Crippen molar-refractivity contribution in [3.8, 4) is 5.75 Å². The summed E-state index contributed by atoms with van der Waals surface area (Å²) < 4.78 is 5.29. The Hall–Kier alpha value is -1.50. The van der Waals surface area contributed by atoms with E-state index in [1.54, 1.807) is 7.11 Å². The third-order valence-electron chi connectivity index (χ3n) is 3.48. The second-order valence-electron chi connectivity index (χ2n) is 5.71. The van der Waals surface area contributed by atoms with E-state index in [2.05, 4.69) is 58.0 Å². The van der Waals surface area contributed by atoms with Gasteiger partial charge in [-0.3, -0.25) is 0 Å². The van der Waals surface area contributed by atoms with Crippen molar-refractivity contribution in [2.75, 3.05) is 7.11 Å². The van der Waals surface area contributed by atoms with Crippen molar-refractivity contribution in [1.29, 1.82) is 0 Å². The highest BCUT2D eigenvalue weighted by molar-refractivity contribution is 5.36. The molecule has 0 aromatic heterocycles. The van der Waals surface area contributed by atoms with Crippen LogP contribution in [0.5, 0.6) is 5.75 Å². The van der Waals surface area contributed by atoms with Crippen molar-refractivity contribution < 1.29 is 4.74 Å². The second-order valence-corrected chi connectivity index (χ2v) is 5.71. The summed E-state index contributed by atoms with van der Waals surface area (Å²) in [7, 11) is 1.72. The van der Waals surface area contributed by atoms with Gasteiger partial charge in [0.25, 0.3) is 0 Å². The molecule has 0 N–H and O–H groups in total. The molecule has 1 aromatic rings. The maximum atomic E-state index is 5.29. The van der Waals surface area contributed by atoms with Crippen molar-refractivity contribution in [2.24, 2.45) is 0 Å². The van der Waals surface area contributed by atoms with Crippen molar-refractivity contribution in [3.05, 3.63) is 52.6 Å². The third-order valence-corrected chi connectivity index (χ3v) is 3.48. The number of methoxy groups -OCH3 is 1. The Labute approximate surface area is 124 Å². The summed E-state index contributed by atoms with van der Waals surface area (Å²) in [6.07, 6.45) is 9.24. The maximum Gasteiger partial charge on any atom is 0.121 e. The van der Waals surface area contributed by atoms with Crippen LogP contribution >= 0.6 is 0 Å². The molecular weight excluding hydrogens is 244 g/mol. The Kier molecular flexibility index (Phi) is 7.14. The predicted molar refractivity (Wildman–Crippen MR) is 88.5 cm³/mol. The molecule has 1 nitrogen and oxygen atoms in total. The van der Waals surface area contributed by atoms with E-state index in [4.69, 9.17) is 4.74 Å². The first-order chi connectivity index (χ1) is 9.52. The fourth-order valence-corrected chi connectivity index (χ4v) is 2.27. The van der Waals surface area contributed by atoms with Gasteiger partial charge in [0.05, 0.1) is 7.11 Å². The number of benzene rings is 1. The summed E-state index contributed by atoms with van der Waals surface area (Å²) in [6.45, 7) is 8.65. The lowest BCUT2D eigenvalue weighted by Gasteiger charge is -2.06. The Morgan fingerprint density at radius 3 is 2.45 bits per heavy atom. The molecular formula is C19H28O. The average Bonchev–Trinajstić information content (AvgIpc) is 2.38. The average molecular weight is 272 g/mol. The quantitative estimate of drug-likeness (QED) is 0.585. The van der Waals surface area contributed by atoms with E-state index in [0.29, 0.717) is 0 Å². The molecule has 20 heavy (non-hydrogen) atoms. The molecule has 0 saturated heterocycles. The summed E-state index contributed by atoms with van der Waals surface area (Å²) in [5.74, 6) is 0.974. The number of hydrogen-bond donors (Lipinski definition) is 0. The van der Waals surface area contributed by atoms with Crippen LogP contribution in [0.4, 0.5) is 0 Å². The van der Waals surface area contributed by atoms with Crippen molar-refractivity contribution in [3.63, 3.8) is 0 Å². The van der Waals surface area contributed by atoms with Crippen LogP contribution in [0.15, 0.2) is 41.5 Å². The molecule has 0 unspecified atom stereocenters. The van der Waals surface area contributed by atoms with E-state index < -0.39 is 0 Å². The highest BCUT2D eigenvalue weighted by atomic mass is 16.5. The molecule has 0 atom stereocenters. The fraction of sp³-hybridized carbons (Fsp3) is 0.474. The first-order valence-corrected chi connectivity index (χ1v) is 7.45. The van der Waals surface area contributed by atoms with Gasteiger partial charge in [0.2, 0.25) is 0 Å². The molecule has 0 heterocycles. The molecule has 1 heteroatoms. The van der Waals surface area contributed by atoms with Gasteiger partial charge in [0.15, 0.2) is 0 Å². The number of ether oxygens (including phenoxy) is 1. The molecule has 110 valence electrons. The van der Waals surface area contributed by atoms with Gasteiger partial charge in [-0.25, -0.2) is 0 Å². The van der Waals surface area contributed by atoms with Gasteiger partial charge < -0.3 is 4.74 Å². The Morgan fingerprint density at radius 2 is 1.85 bits per heavy atom. The summed E-state index contributed by atoms with van der Waals surface area (Å²) in [6, 6.07) is 6.46. The number of aryl methyl sites for hydroxylation is 2. The van der Waals surface area contributed by atoms with Crippen molar-refractivity contribution in [2.45, 2.75) is 53.4 Å². The molecule has 0 aliphatic rings. The topological polar surface area (TPSA) is 9.23 Å². The molecule has 0 aliphatic carbocycles. The zero-order chi connectivity index (χ0) is 15.0. The fourth-order valence-electron chi connectivity index (χ4n) is 2.27. The second kappa shape index (κ2) is 8.63. The van der Waals surface area contributed by atoms with Gasteiger partial charge in [-0.15, -0.1) is 0 Å². The van der Waals surface area contributed by atoms with E-state index in [9.17, 15) is 0 Å². The Bertz CT molecular complexity index is 477. The molecule has 0 fully saturated rings. The van der Waals surface area contributed by atoms with Crippen LogP contribution in [0.1, 0.15) is 51.2 Å². The molecule has 0 amide bonds. The maximum absolute atomic E-state index is 5.29. The minimum Gasteiger partial charge on any atom is -0.496 e. The Morgan fingerprint density at radius 1 is 1.10 bits per heavy atom.